The minimum absolute atomic E-state index is 0. The van der Waals surface area contributed by atoms with Crippen molar-refractivity contribution >= 4 is 32.9 Å². The number of aliphatic hydroxyl groups is 1. The molecule has 0 radical (unpaired) electrons. The molecule has 1 atom stereocenters. The van der Waals surface area contributed by atoms with E-state index in [1.165, 1.54) is 0 Å². The van der Waals surface area contributed by atoms with Gasteiger partial charge in [0.05, 0.1) is 11.6 Å². The van der Waals surface area contributed by atoms with E-state index in [-0.39, 0.29) is 28.5 Å². The van der Waals surface area contributed by atoms with Gasteiger partial charge < -0.3 is 5.11 Å². The molecule has 0 rings (SSSR count). The van der Waals surface area contributed by atoms with Gasteiger partial charge in [-0.05, 0) is 14.1 Å². The lowest BCUT2D eigenvalue weighted by molar-refractivity contribution is 0.227. The zero-order valence-electron chi connectivity index (χ0n) is 4.97. The van der Waals surface area contributed by atoms with Crippen molar-refractivity contribution in [2.24, 2.45) is 0 Å². The molecule has 8 heavy (non-hydrogen) atoms. The van der Waals surface area contributed by atoms with Crippen LogP contribution in [0.15, 0.2) is 0 Å². The molecule has 0 aromatic heterocycles. The van der Waals surface area contributed by atoms with Crippen LogP contribution < -0.4 is 0 Å². The molecule has 0 fully saturated rings. The molecule has 0 aliphatic carbocycles. The van der Waals surface area contributed by atoms with E-state index >= 15 is 0 Å². The average Bonchev–Trinajstić information content (AvgIpc) is 1.65. The van der Waals surface area contributed by atoms with Crippen LogP contribution in [0.5, 0.6) is 0 Å². The molecular formula is C4H11Br2NO. The third kappa shape index (κ3) is 5.03. The molecular weight excluding hydrogens is 238 g/mol. The third-order valence-electron chi connectivity index (χ3n) is 0.711. The second-order valence-electron chi connectivity index (χ2n) is 1.58. The molecule has 0 amide bonds. The number of rotatable bonds is 2. The van der Waals surface area contributed by atoms with Gasteiger partial charge in [0, 0.05) is 0 Å². The second-order valence-corrected chi connectivity index (χ2v) is 2.64. The molecule has 1 N–H and O–H groups in total. The summed E-state index contributed by atoms with van der Waals surface area (Å²) in [5, 5.41) is 8.42. The van der Waals surface area contributed by atoms with Crippen molar-refractivity contribution in [1.82, 2.24) is 4.90 Å². The van der Waals surface area contributed by atoms with Crippen LogP contribution in [0.1, 0.15) is 0 Å². The van der Waals surface area contributed by atoms with Crippen LogP contribution in [-0.4, -0.2) is 35.7 Å². The summed E-state index contributed by atoms with van der Waals surface area (Å²) in [6, 6.07) is 0. The summed E-state index contributed by atoms with van der Waals surface area (Å²) < 4.78 is 0. The molecule has 4 heteroatoms. The summed E-state index contributed by atoms with van der Waals surface area (Å²) in [5.41, 5.74) is 0. The van der Waals surface area contributed by atoms with Gasteiger partial charge in [-0.2, -0.15) is 0 Å². The molecule has 0 aliphatic rings. The fourth-order valence-electron chi connectivity index (χ4n) is 0.163. The van der Waals surface area contributed by atoms with Gasteiger partial charge in [-0.25, -0.2) is 0 Å². The van der Waals surface area contributed by atoms with Crippen LogP contribution in [0, 0.1) is 0 Å². The number of aliphatic hydroxyl groups excluding tert-OH is 1. The Morgan fingerprint density at radius 2 is 2.00 bits per heavy atom. The van der Waals surface area contributed by atoms with E-state index < -0.39 is 0 Å². The quantitative estimate of drug-likeness (QED) is 0.579. The fraction of sp³-hybridized carbons (Fsp3) is 1.00. The Bertz CT molecular complexity index is 51.3. The lowest BCUT2D eigenvalue weighted by atomic mass is 10.6. The molecule has 0 saturated carbocycles. The van der Waals surface area contributed by atoms with E-state index in [1.54, 1.807) is 0 Å². The first-order valence-electron chi connectivity index (χ1n) is 2.10. The highest BCUT2D eigenvalue weighted by Gasteiger charge is 2.00. The third-order valence-corrected chi connectivity index (χ3v) is 1.82. The molecule has 0 aromatic carbocycles. The fourth-order valence-corrected chi connectivity index (χ4v) is 0.163. The van der Waals surface area contributed by atoms with Crippen molar-refractivity contribution in [3.63, 3.8) is 0 Å². The molecule has 52 valence electrons. The van der Waals surface area contributed by atoms with Gasteiger partial charge in [-0.1, -0.05) is 15.9 Å². The number of hydrogen-bond donors (Lipinski definition) is 1. The van der Waals surface area contributed by atoms with Crippen LogP contribution >= 0.6 is 32.9 Å². The van der Waals surface area contributed by atoms with Crippen LogP contribution in [0.25, 0.3) is 0 Å². The Morgan fingerprint density at radius 3 is 2.00 bits per heavy atom. The normalized spacial score (nSPS) is 13.1. The van der Waals surface area contributed by atoms with Gasteiger partial charge in [0.2, 0.25) is 0 Å². The Morgan fingerprint density at radius 1 is 1.62 bits per heavy atom. The molecule has 0 aliphatic heterocycles. The highest BCUT2D eigenvalue weighted by Crippen LogP contribution is 1.98. The topological polar surface area (TPSA) is 23.5 Å². The van der Waals surface area contributed by atoms with E-state index in [1.807, 2.05) is 19.0 Å². The maximum atomic E-state index is 8.42. The monoisotopic (exact) mass is 247 g/mol. The van der Waals surface area contributed by atoms with Crippen molar-refractivity contribution in [3.05, 3.63) is 0 Å². The zero-order chi connectivity index (χ0) is 5.86. The summed E-state index contributed by atoms with van der Waals surface area (Å²) in [7, 11) is 3.80. The highest BCUT2D eigenvalue weighted by atomic mass is 79.9. The maximum absolute atomic E-state index is 8.42. The van der Waals surface area contributed by atoms with Crippen molar-refractivity contribution in [2.45, 2.75) is 4.95 Å². The zero-order valence-corrected chi connectivity index (χ0v) is 8.26. The predicted molar refractivity (Wildman–Crippen MR) is 43.8 cm³/mol. The van der Waals surface area contributed by atoms with Gasteiger partial charge in [-0.3, -0.25) is 4.90 Å². The SMILES string of the molecule is Br.CN(C)C(Br)CO. The van der Waals surface area contributed by atoms with Crippen molar-refractivity contribution in [3.8, 4) is 0 Å². The number of alkyl halides is 1. The van der Waals surface area contributed by atoms with Crippen molar-refractivity contribution < 1.29 is 5.11 Å². The molecule has 2 nitrogen and oxygen atoms in total. The minimum Gasteiger partial charge on any atom is -0.394 e. The average molecular weight is 249 g/mol. The van der Waals surface area contributed by atoms with Gasteiger partial charge in [-0.15, -0.1) is 17.0 Å². The van der Waals surface area contributed by atoms with Gasteiger partial charge >= 0.3 is 0 Å². The molecule has 0 heterocycles. The largest absolute Gasteiger partial charge is 0.394 e. The summed E-state index contributed by atoms with van der Waals surface area (Å²) in [5.74, 6) is 0. The van der Waals surface area contributed by atoms with Crippen LogP contribution in [-0.2, 0) is 0 Å². The lowest BCUT2D eigenvalue weighted by Gasteiger charge is -2.13. The minimum atomic E-state index is 0. The first-order chi connectivity index (χ1) is 3.18. The standard InChI is InChI=1S/C4H10BrNO.BrH/c1-6(2)4(5)3-7;/h4,7H,3H2,1-2H3;1H. The van der Waals surface area contributed by atoms with Gasteiger partial charge in [0.15, 0.2) is 0 Å². The van der Waals surface area contributed by atoms with Gasteiger partial charge in [0.25, 0.3) is 0 Å². The summed E-state index contributed by atoms with van der Waals surface area (Å²) in [6.07, 6.45) is 0. The lowest BCUT2D eigenvalue weighted by Crippen LogP contribution is -2.24. The maximum Gasteiger partial charge on any atom is 0.0884 e. The first kappa shape index (κ1) is 11.6. The Labute approximate surface area is 68.8 Å². The molecule has 0 saturated heterocycles. The van der Waals surface area contributed by atoms with E-state index in [0.717, 1.165) is 0 Å². The van der Waals surface area contributed by atoms with E-state index in [2.05, 4.69) is 15.9 Å². The smallest absolute Gasteiger partial charge is 0.0884 e. The predicted octanol–water partition coefficient (Wildman–Crippen LogP) is 0.839. The Kier molecular flexibility index (Phi) is 8.75. The van der Waals surface area contributed by atoms with Crippen molar-refractivity contribution in [1.29, 1.82) is 0 Å². The molecule has 0 aromatic rings. The summed E-state index contributed by atoms with van der Waals surface area (Å²) >= 11 is 3.22. The summed E-state index contributed by atoms with van der Waals surface area (Å²) in [4.78, 5) is 1.99. The molecule has 1 unspecified atom stereocenters. The van der Waals surface area contributed by atoms with Crippen LogP contribution in [0.4, 0.5) is 0 Å². The number of likely N-dealkylation sites (N-methyl/N-ethyl adjacent to an activating group) is 1. The Hall–Kier alpha value is 0.880. The number of halogens is 2. The van der Waals surface area contributed by atoms with E-state index in [0.29, 0.717) is 0 Å². The van der Waals surface area contributed by atoms with E-state index in [9.17, 15) is 0 Å². The van der Waals surface area contributed by atoms with Crippen molar-refractivity contribution in [2.75, 3.05) is 20.7 Å². The van der Waals surface area contributed by atoms with Crippen LogP contribution in [0.2, 0.25) is 0 Å². The number of hydrogen-bond acceptors (Lipinski definition) is 2. The van der Waals surface area contributed by atoms with E-state index in [4.69, 9.17) is 5.11 Å². The number of nitrogens with zero attached hydrogens (tertiary/aromatic N) is 1. The first-order valence-corrected chi connectivity index (χ1v) is 3.01. The Balaban J connectivity index is 0. The van der Waals surface area contributed by atoms with Crippen LogP contribution in [0.3, 0.4) is 0 Å². The second kappa shape index (κ2) is 6.01. The molecule has 0 bridgehead atoms. The highest BCUT2D eigenvalue weighted by molar-refractivity contribution is 9.09. The van der Waals surface area contributed by atoms with Gasteiger partial charge in [0.1, 0.15) is 0 Å². The molecule has 0 spiro atoms. The summed E-state index contributed by atoms with van der Waals surface area (Å²) in [6.45, 7) is 0.160.